The van der Waals surface area contributed by atoms with Gasteiger partial charge in [-0.2, -0.15) is 0 Å². The lowest BCUT2D eigenvalue weighted by Crippen LogP contribution is -2.17. The number of amidine groups is 1. The maximum atomic E-state index is 9.39. The number of nitrogens with two attached hydrogens (primary N) is 1. The van der Waals surface area contributed by atoms with Crippen LogP contribution in [-0.4, -0.2) is 10.9 Å². The fourth-order valence-corrected chi connectivity index (χ4v) is 1.18. The van der Waals surface area contributed by atoms with Gasteiger partial charge < -0.3 is 10.8 Å². The predicted molar refractivity (Wildman–Crippen MR) is 42.7 cm³/mol. The number of para-hydroxylation sites is 1. The van der Waals surface area contributed by atoms with Gasteiger partial charge in [0.05, 0.1) is 5.69 Å². The van der Waals surface area contributed by atoms with E-state index in [1.54, 1.807) is 0 Å². The third-order valence-corrected chi connectivity index (χ3v) is 1.76. The van der Waals surface area contributed by atoms with Crippen LogP contribution >= 0.6 is 0 Å². The number of benzene rings is 1. The van der Waals surface area contributed by atoms with Crippen molar-refractivity contribution in [2.24, 2.45) is 10.7 Å². The third kappa shape index (κ3) is 0.816. The van der Waals surface area contributed by atoms with Gasteiger partial charge in [-0.3, -0.25) is 0 Å². The summed E-state index contributed by atoms with van der Waals surface area (Å²) in [6, 6.07) is 7.38. The molecule has 56 valence electrons. The SMILES string of the molecule is NC1=Nc2ccccc2C1O. The molecule has 0 bridgehead atoms. The van der Waals surface area contributed by atoms with Gasteiger partial charge in [0.2, 0.25) is 0 Å². The van der Waals surface area contributed by atoms with Crippen LogP contribution < -0.4 is 5.73 Å². The van der Waals surface area contributed by atoms with Crippen LogP contribution in [-0.2, 0) is 0 Å². The van der Waals surface area contributed by atoms with Crippen LogP contribution in [0, 0.1) is 0 Å². The average Bonchev–Trinajstić information content (AvgIpc) is 2.30. The molecule has 3 nitrogen and oxygen atoms in total. The Morgan fingerprint density at radius 2 is 2.09 bits per heavy atom. The number of aliphatic imine (C=N–C) groups is 1. The molecule has 3 N–H and O–H groups in total. The van der Waals surface area contributed by atoms with E-state index in [9.17, 15) is 5.11 Å². The molecule has 1 aromatic carbocycles. The zero-order valence-corrected chi connectivity index (χ0v) is 5.86. The lowest BCUT2D eigenvalue weighted by Gasteiger charge is -2.01. The van der Waals surface area contributed by atoms with E-state index >= 15 is 0 Å². The molecular weight excluding hydrogens is 140 g/mol. The van der Waals surface area contributed by atoms with Gasteiger partial charge in [-0.05, 0) is 6.07 Å². The van der Waals surface area contributed by atoms with Crippen molar-refractivity contribution in [1.82, 2.24) is 0 Å². The van der Waals surface area contributed by atoms with Gasteiger partial charge in [0, 0.05) is 5.56 Å². The van der Waals surface area contributed by atoms with Crippen molar-refractivity contribution in [2.45, 2.75) is 6.10 Å². The van der Waals surface area contributed by atoms with Crippen LogP contribution in [0.2, 0.25) is 0 Å². The molecule has 1 aliphatic rings. The summed E-state index contributed by atoms with van der Waals surface area (Å²) in [5.41, 5.74) is 7.00. The van der Waals surface area contributed by atoms with Crippen LogP contribution in [0.4, 0.5) is 5.69 Å². The second kappa shape index (κ2) is 2.07. The molecule has 0 aromatic heterocycles. The maximum absolute atomic E-state index is 9.39. The molecule has 1 heterocycles. The number of rotatable bonds is 0. The Balaban J connectivity index is 2.58. The fraction of sp³-hybridized carbons (Fsp3) is 0.125. The molecule has 0 fully saturated rings. The highest BCUT2D eigenvalue weighted by Gasteiger charge is 2.21. The van der Waals surface area contributed by atoms with Crippen LogP contribution in [0.5, 0.6) is 0 Å². The smallest absolute Gasteiger partial charge is 0.138 e. The van der Waals surface area contributed by atoms with E-state index in [-0.39, 0.29) is 5.84 Å². The number of aliphatic hydroxyl groups excluding tert-OH is 1. The summed E-state index contributed by atoms with van der Waals surface area (Å²) < 4.78 is 0. The van der Waals surface area contributed by atoms with Crippen molar-refractivity contribution in [3.63, 3.8) is 0 Å². The first-order valence-electron chi connectivity index (χ1n) is 3.40. The lowest BCUT2D eigenvalue weighted by atomic mass is 10.1. The minimum Gasteiger partial charge on any atom is -0.385 e. The van der Waals surface area contributed by atoms with Crippen LogP contribution in [0.25, 0.3) is 0 Å². The Labute approximate surface area is 64.2 Å². The number of hydrogen-bond acceptors (Lipinski definition) is 3. The van der Waals surface area contributed by atoms with Crippen molar-refractivity contribution >= 4 is 11.5 Å². The Kier molecular flexibility index (Phi) is 1.20. The Morgan fingerprint density at radius 1 is 1.36 bits per heavy atom. The van der Waals surface area contributed by atoms with Gasteiger partial charge in [-0.15, -0.1) is 0 Å². The van der Waals surface area contributed by atoms with Crippen molar-refractivity contribution in [3.8, 4) is 0 Å². The quantitative estimate of drug-likeness (QED) is 0.569. The first-order valence-corrected chi connectivity index (χ1v) is 3.40. The van der Waals surface area contributed by atoms with Crippen LogP contribution in [0.15, 0.2) is 29.3 Å². The summed E-state index contributed by atoms with van der Waals surface area (Å²) in [4.78, 5) is 3.98. The lowest BCUT2D eigenvalue weighted by molar-refractivity contribution is 0.250. The summed E-state index contributed by atoms with van der Waals surface area (Å²) in [5, 5.41) is 9.39. The number of aliphatic hydroxyl groups is 1. The second-order valence-corrected chi connectivity index (χ2v) is 2.50. The molecule has 1 aromatic rings. The topological polar surface area (TPSA) is 58.6 Å². The van der Waals surface area contributed by atoms with E-state index in [0.29, 0.717) is 0 Å². The van der Waals surface area contributed by atoms with Gasteiger partial charge in [0.1, 0.15) is 11.9 Å². The van der Waals surface area contributed by atoms with E-state index in [1.165, 1.54) is 0 Å². The van der Waals surface area contributed by atoms with Crippen LogP contribution in [0.3, 0.4) is 0 Å². The zero-order chi connectivity index (χ0) is 7.84. The molecule has 0 spiro atoms. The summed E-state index contributed by atoms with van der Waals surface area (Å²) in [6.07, 6.45) is -0.703. The van der Waals surface area contributed by atoms with Crippen molar-refractivity contribution in [3.05, 3.63) is 29.8 Å². The third-order valence-electron chi connectivity index (χ3n) is 1.76. The standard InChI is InChI=1S/C8H8N2O/c9-8-7(11)5-3-1-2-4-6(5)10-8/h1-4,7,11H,(H2,9,10). The zero-order valence-electron chi connectivity index (χ0n) is 5.86. The monoisotopic (exact) mass is 148 g/mol. The number of fused-ring (bicyclic) bond motifs is 1. The summed E-state index contributed by atoms with van der Waals surface area (Å²) in [5.74, 6) is 0.284. The van der Waals surface area contributed by atoms with E-state index in [4.69, 9.17) is 5.73 Å². The van der Waals surface area contributed by atoms with E-state index < -0.39 is 6.10 Å². The highest BCUT2D eigenvalue weighted by Crippen LogP contribution is 2.31. The highest BCUT2D eigenvalue weighted by atomic mass is 16.3. The largest absolute Gasteiger partial charge is 0.385 e. The second-order valence-electron chi connectivity index (χ2n) is 2.50. The van der Waals surface area contributed by atoms with Crippen molar-refractivity contribution < 1.29 is 5.11 Å². The molecule has 0 radical (unpaired) electrons. The summed E-state index contributed by atoms with van der Waals surface area (Å²) in [7, 11) is 0. The number of nitrogens with zero attached hydrogens (tertiary/aromatic N) is 1. The van der Waals surface area contributed by atoms with Gasteiger partial charge in [-0.1, -0.05) is 18.2 Å². The van der Waals surface area contributed by atoms with Gasteiger partial charge in [0.25, 0.3) is 0 Å². The summed E-state index contributed by atoms with van der Waals surface area (Å²) in [6.45, 7) is 0. The first kappa shape index (κ1) is 6.37. The molecule has 1 aliphatic heterocycles. The normalized spacial score (nSPS) is 21.2. The molecule has 0 saturated heterocycles. The van der Waals surface area contributed by atoms with E-state index in [0.717, 1.165) is 11.3 Å². The van der Waals surface area contributed by atoms with Gasteiger partial charge in [0.15, 0.2) is 0 Å². The van der Waals surface area contributed by atoms with Gasteiger partial charge in [-0.25, -0.2) is 4.99 Å². The molecule has 1 unspecified atom stereocenters. The predicted octanol–water partition coefficient (Wildman–Crippen LogP) is 0.722. The van der Waals surface area contributed by atoms with Gasteiger partial charge >= 0.3 is 0 Å². The molecule has 0 aliphatic carbocycles. The fourth-order valence-electron chi connectivity index (χ4n) is 1.18. The minimum atomic E-state index is -0.703. The van der Waals surface area contributed by atoms with Crippen LogP contribution in [0.1, 0.15) is 11.7 Å². The first-order chi connectivity index (χ1) is 5.29. The Hall–Kier alpha value is -1.35. The molecule has 0 amide bonds. The molecular formula is C8H8N2O. The maximum Gasteiger partial charge on any atom is 0.138 e. The van der Waals surface area contributed by atoms with E-state index in [1.807, 2.05) is 24.3 Å². The molecule has 11 heavy (non-hydrogen) atoms. The average molecular weight is 148 g/mol. The summed E-state index contributed by atoms with van der Waals surface area (Å²) >= 11 is 0. The Bertz CT molecular complexity index is 320. The number of hydrogen-bond donors (Lipinski definition) is 2. The highest BCUT2D eigenvalue weighted by molar-refractivity contribution is 5.93. The van der Waals surface area contributed by atoms with Crippen molar-refractivity contribution in [2.75, 3.05) is 0 Å². The molecule has 2 rings (SSSR count). The molecule has 0 saturated carbocycles. The van der Waals surface area contributed by atoms with E-state index in [2.05, 4.69) is 4.99 Å². The van der Waals surface area contributed by atoms with Crippen molar-refractivity contribution in [1.29, 1.82) is 0 Å². The molecule has 1 atom stereocenters. The Morgan fingerprint density at radius 3 is 2.82 bits per heavy atom. The molecule has 3 heteroatoms. The minimum absolute atomic E-state index is 0.284.